The van der Waals surface area contributed by atoms with Crippen molar-refractivity contribution in [1.82, 2.24) is 0 Å². The molecule has 0 atom stereocenters. The van der Waals surface area contributed by atoms with E-state index in [0.29, 0.717) is 0 Å². The minimum Gasteiger partial charge on any atom is -0.115 e. The molecule has 0 N–H and O–H groups in total. The van der Waals surface area contributed by atoms with Crippen LogP contribution in [0.15, 0.2) is 78.9 Å². The number of hydrogen-bond donors (Lipinski definition) is 0. The second-order valence-corrected chi connectivity index (χ2v) is 4.93. The lowest BCUT2D eigenvalue weighted by molar-refractivity contribution is 1.56. The van der Waals surface area contributed by atoms with Crippen molar-refractivity contribution in [2.75, 3.05) is 0 Å². The lowest BCUT2D eigenvalue weighted by atomic mass is 10.00. The highest BCUT2D eigenvalue weighted by molar-refractivity contribution is 5.68. The lowest BCUT2D eigenvalue weighted by Crippen LogP contribution is -1.84. The largest absolute Gasteiger partial charge is 0.115 e. The van der Waals surface area contributed by atoms with Gasteiger partial charge in [-0.15, -0.1) is 6.42 Å². The maximum atomic E-state index is 5.57. The quantitative estimate of drug-likeness (QED) is 0.564. The molecule has 0 saturated heterocycles. The SMILES string of the molecule is C#Cc1cc(C#Cc2ccccc2)cc(-c2ccccc2)c1. The van der Waals surface area contributed by atoms with Crippen LogP contribution in [-0.2, 0) is 0 Å². The summed E-state index contributed by atoms with van der Waals surface area (Å²) in [6.45, 7) is 0. The Kier molecular flexibility index (Phi) is 4.05. The molecule has 0 fully saturated rings. The van der Waals surface area contributed by atoms with E-state index in [0.717, 1.165) is 27.8 Å². The Morgan fingerprint density at radius 1 is 0.545 bits per heavy atom. The Hall–Kier alpha value is -3.22. The minimum atomic E-state index is 0.846. The lowest BCUT2D eigenvalue weighted by Gasteiger charge is -2.04. The molecule has 0 aliphatic heterocycles. The molecule has 0 radical (unpaired) electrons. The Labute approximate surface area is 131 Å². The second kappa shape index (κ2) is 6.49. The monoisotopic (exact) mass is 278 g/mol. The standard InChI is InChI=1S/C22H14/c1-2-18-15-20(14-13-19-9-5-3-6-10-19)17-22(16-18)21-11-7-4-8-12-21/h1,3-12,15-17H. The van der Waals surface area contributed by atoms with E-state index in [2.05, 4.69) is 36.0 Å². The van der Waals surface area contributed by atoms with E-state index in [1.807, 2.05) is 60.7 Å². The molecular weight excluding hydrogens is 264 g/mol. The maximum Gasteiger partial charge on any atom is 0.0267 e. The molecule has 0 heteroatoms. The number of hydrogen-bond acceptors (Lipinski definition) is 0. The van der Waals surface area contributed by atoms with E-state index in [1.54, 1.807) is 0 Å². The van der Waals surface area contributed by atoms with Gasteiger partial charge >= 0.3 is 0 Å². The topological polar surface area (TPSA) is 0 Å². The molecule has 102 valence electrons. The fraction of sp³-hybridized carbons (Fsp3) is 0. The van der Waals surface area contributed by atoms with Crippen molar-refractivity contribution >= 4 is 0 Å². The molecule has 3 rings (SSSR count). The van der Waals surface area contributed by atoms with Crippen LogP contribution in [0, 0.1) is 24.2 Å². The molecular formula is C22H14. The van der Waals surface area contributed by atoms with E-state index in [4.69, 9.17) is 6.42 Å². The molecule has 0 saturated carbocycles. The third-order valence-electron chi connectivity index (χ3n) is 3.33. The van der Waals surface area contributed by atoms with Crippen LogP contribution in [0.4, 0.5) is 0 Å². The zero-order valence-electron chi connectivity index (χ0n) is 12.1. The van der Waals surface area contributed by atoms with Crippen LogP contribution in [-0.4, -0.2) is 0 Å². The number of benzene rings is 3. The van der Waals surface area contributed by atoms with Crippen LogP contribution < -0.4 is 0 Å². The summed E-state index contributed by atoms with van der Waals surface area (Å²) in [5.41, 5.74) is 5.00. The predicted molar refractivity (Wildman–Crippen MR) is 92.2 cm³/mol. The van der Waals surface area contributed by atoms with E-state index in [9.17, 15) is 0 Å². The van der Waals surface area contributed by atoms with Gasteiger partial charge in [0.2, 0.25) is 0 Å². The molecule has 3 aromatic carbocycles. The Morgan fingerprint density at radius 3 is 1.82 bits per heavy atom. The summed E-state index contributed by atoms with van der Waals surface area (Å²) in [4.78, 5) is 0. The fourth-order valence-corrected chi connectivity index (χ4v) is 2.25. The van der Waals surface area contributed by atoms with E-state index in [1.165, 1.54) is 0 Å². The van der Waals surface area contributed by atoms with Gasteiger partial charge in [0, 0.05) is 16.7 Å². The summed E-state index contributed by atoms with van der Waals surface area (Å²) in [5.74, 6) is 9.08. The van der Waals surface area contributed by atoms with Gasteiger partial charge in [0.15, 0.2) is 0 Å². The van der Waals surface area contributed by atoms with Crippen molar-refractivity contribution in [2.24, 2.45) is 0 Å². The van der Waals surface area contributed by atoms with Crippen molar-refractivity contribution in [3.63, 3.8) is 0 Å². The van der Waals surface area contributed by atoms with E-state index >= 15 is 0 Å². The van der Waals surface area contributed by atoms with Crippen LogP contribution >= 0.6 is 0 Å². The molecule has 0 unspecified atom stereocenters. The maximum absolute atomic E-state index is 5.57. The summed E-state index contributed by atoms with van der Waals surface area (Å²) in [6, 6.07) is 26.2. The summed E-state index contributed by atoms with van der Waals surface area (Å²) in [6.07, 6.45) is 5.57. The Balaban J connectivity index is 2.03. The van der Waals surface area contributed by atoms with E-state index in [-0.39, 0.29) is 0 Å². The number of rotatable bonds is 1. The summed E-state index contributed by atoms with van der Waals surface area (Å²) < 4.78 is 0. The zero-order valence-corrected chi connectivity index (χ0v) is 12.1. The average molecular weight is 278 g/mol. The van der Waals surface area contributed by atoms with Crippen LogP contribution in [0.1, 0.15) is 16.7 Å². The molecule has 3 aromatic rings. The summed E-state index contributed by atoms with van der Waals surface area (Å²) in [5, 5.41) is 0. The Morgan fingerprint density at radius 2 is 1.14 bits per heavy atom. The van der Waals surface area contributed by atoms with Gasteiger partial charge in [-0.1, -0.05) is 66.3 Å². The van der Waals surface area contributed by atoms with Crippen molar-refractivity contribution in [3.05, 3.63) is 95.6 Å². The molecule has 0 nitrogen and oxygen atoms in total. The van der Waals surface area contributed by atoms with Crippen molar-refractivity contribution in [1.29, 1.82) is 0 Å². The van der Waals surface area contributed by atoms with Gasteiger partial charge in [-0.25, -0.2) is 0 Å². The van der Waals surface area contributed by atoms with E-state index < -0.39 is 0 Å². The summed E-state index contributed by atoms with van der Waals surface area (Å²) in [7, 11) is 0. The zero-order chi connectivity index (χ0) is 15.2. The van der Waals surface area contributed by atoms with Gasteiger partial charge in [-0.2, -0.15) is 0 Å². The van der Waals surface area contributed by atoms with Gasteiger partial charge < -0.3 is 0 Å². The normalized spacial score (nSPS) is 9.41. The highest BCUT2D eigenvalue weighted by atomic mass is 14.0. The molecule has 0 aliphatic rings. The molecule has 0 aliphatic carbocycles. The first-order valence-corrected chi connectivity index (χ1v) is 7.09. The highest BCUT2D eigenvalue weighted by Crippen LogP contribution is 2.21. The third-order valence-corrected chi connectivity index (χ3v) is 3.33. The molecule has 0 heterocycles. The number of terminal acetylenes is 1. The van der Waals surface area contributed by atoms with Gasteiger partial charge in [0.1, 0.15) is 0 Å². The first-order valence-electron chi connectivity index (χ1n) is 7.09. The second-order valence-electron chi connectivity index (χ2n) is 4.93. The Bertz CT molecular complexity index is 870. The molecule has 0 amide bonds. The first-order chi connectivity index (χ1) is 10.8. The van der Waals surface area contributed by atoms with Gasteiger partial charge in [0.05, 0.1) is 0 Å². The van der Waals surface area contributed by atoms with Crippen molar-refractivity contribution < 1.29 is 0 Å². The first kappa shape index (κ1) is 13.7. The molecule has 0 aromatic heterocycles. The summed E-state index contributed by atoms with van der Waals surface area (Å²) >= 11 is 0. The smallest absolute Gasteiger partial charge is 0.0267 e. The molecule has 0 bridgehead atoms. The van der Waals surface area contributed by atoms with Crippen molar-refractivity contribution in [2.45, 2.75) is 0 Å². The highest BCUT2D eigenvalue weighted by Gasteiger charge is 2.00. The van der Waals surface area contributed by atoms with Crippen LogP contribution in [0.3, 0.4) is 0 Å². The van der Waals surface area contributed by atoms with Gasteiger partial charge in [0.25, 0.3) is 0 Å². The van der Waals surface area contributed by atoms with Crippen LogP contribution in [0.2, 0.25) is 0 Å². The van der Waals surface area contributed by atoms with Crippen LogP contribution in [0.5, 0.6) is 0 Å². The molecule has 22 heavy (non-hydrogen) atoms. The van der Waals surface area contributed by atoms with Crippen molar-refractivity contribution in [3.8, 4) is 35.3 Å². The van der Waals surface area contributed by atoms with Crippen LogP contribution in [0.25, 0.3) is 11.1 Å². The fourth-order valence-electron chi connectivity index (χ4n) is 2.25. The molecule has 0 spiro atoms. The average Bonchev–Trinajstić information content (AvgIpc) is 2.61. The predicted octanol–water partition coefficient (Wildman–Crippen LogP) is 4.73. The third kappa shape index (κ3) is 3.26. The van der Waals surface area contributed by atoms with Gasteiger partial charge in [-0.05, 0) is 41.5 Å². The van der Waals surface area contributed by atoms with Gasteiger partial charge in [-0.3, -0.25) is 0 Å². The minimum absolute atomic E-state index is 0.846.